The van der Waals surface area contributed by atoms with Gasteiger partial charge in [-0.25, -0.2) is 0 Å². The lowest BCUT2D eigenvalue weighted by molar-refractivity contribution is 0.375. The summed E-state index contributed by atoms with van der Waals surface area (Å²) in [6.07, 6.45) is 0. The maximum Gasteiger partial charge on any atom is 0.391 e. The fourth-order valence-corrected chi connectivity index (χ4v) is 1.17. The van der Waals surface area contributed by atoms with E-state index in [0.29, 0.717) is 5.02 Å². The summed E-state index contributed by atoms with van der Waals surface area (Å²) in [5, 5.41) is 0.364. The van der Waals surface area contributed by atoms with Crippen LogP contribution in [0.15, 0.2) is 24.3 Å². The van der Waals surface area contributed by atoms with Crippen LogP contribution in [0, 0.1) is 0 Å². The van der Waals surface area contributed by atoms with Crippen LogP contribution in [-0.2, 0) is 0 Å². The first-order valence-electron chi connectivity index (χ1n) is 2.80. The maximum atomic E-state index is 8.47. The highest BCUT2D eigenvalue weighted by Gasteiger charge is 2.04. The predicted molar refractivity (Wildman–Crippen MR) is 43.4 cm³/mol. The Kier molecular flexibility index (Phi) is 3.09. The molecule has 0 amide bonds. The highest BCUT2D eigenvalue weighted by atomic mass is 35.5. The van der Waals surface area contributed by atoms with Gasteiger partial charge in [0.15, 0.2) is 0 Å². The third kappa shape index (κ3) is 2.64. The van der Waals surface area contributed by atoms with Gasteiger partial charge < -0.3 is 14.3 Å². The smallest absolute Gasteiger partial charge is 0.391 e. The standard InChI is InChI=1S/C6H6ClO3P/c7-5-3-1-2-4-6(5)10-11(8)9/h1-4,8-9H. The SMILES string of the molecule is OP(O)Oc1ccccc1Cl. The molecule has 0 aliphatic rings. The van der Waals surface area contributed by atoms with Gasteiger partial charge in [0.2, 0.25) is 0 Å². The van der Waals surface area contributed by atoms with Crippen molar-refractivity contribution in [3.63, 3.8) is 0 Å². The summed E-state index contributed by atoms with van der Waals surface area (Å²) in [7, 11) is -2.38. The van der Waals surface area contributed by atoms with Crippen molar-refractivity contribution in [2.45, 2.75) is 0 Å². The van der Waals surface area contributed by atoms with Crippen LogP contribution in [-0.4, -0.2) is 9.79 Å². The number of halogens is 1. The molecule has 0 spiro atoms. The fraction of sp³-hybridized carbons (Fsp3) is 0. The van der Waals surface area contributed by atoms with E-state index in [-0.39, 0.29) is 5.75 Å². The third-order valence-corrected chi connectivity index (χ3v) is 1.69. The summed E-state index contributed by atoms with van der Waals surface area (Å²) >= 11 is 5.63. The van der Waals surface area contributed by atoms with Crippen molar-refractivity contribution >= 4 is 20.2 Å². The predicted octanol–water partition coefficient (Wildman–Crippen LogP) is 1.93. The molecular weight excluding hydrogens is 186 g/mol. The van der Waals surface area contributed by atoms with Gasteiger partial charge in [0.1, 0.15) is 5.75 Å². The van der Waals surface area contributed by atoms with Crippen molar-refractivity contribution in [3.05, 3.63) is 29.3 Å². The molecule has 0 bridgehead atoms. The van der Waals surface area contributed by atoms with Crippen LogP contribution in [0.5, 0.6) is 5.75 Å². The van der Waals surface area contributed by atoms with Crippen LogP contribution in [0.3, 0.4) is 0 Å². The first-order chi connectivity index (χ1) is 5.20. The lowest BCUT2D eigenvalue weighted by atomic mass is 10.3. The largest absolute Gasteiger partial charge is 0.425 e. The monoisotopic (exact) mass is 192 g/mol. The Labute approximate surface area is 70.2 Å². The Morgan fingerprint density at radius 1 is 1.27 bits per heavy atom. The van der Waals surface area contributed by atoms with Crippen molar-refractivity contribution in [1.82, 2.24) is 0 Å². The minimum atomic E-state index is -2.38. The van der Waals surface area contributed by atoms with Crippen molar-refractivity contribution < 1.29 is 14.3 Å². The van der Waals surface area contributed by atoms with E-state index in [1.165, 1.54) is 0 Å². The van der Waals surface area contributed by atoms with E-state index in [0.717, 1.165) is 0 Å². The average Bonchev–Trinajstić information content (AvgIpc) is 1.93. The fourth-order valence-electron chi connectivity index (χ4n) is 0.607. The molecule has 0 aliphatic heterocycles. The van der Waals surface area contributed by atoms with Gasteiger partial charge >= 0.3 is 8.60 Å². The van der Waals surface area contributed by atoms with E-state index < -0.39 is 8.60 Å². The molecule has 0 aliphatic carbocycles. The Morgan fingerprint density at radius 2 is 1.91 bits per heavy atom. The summed E-state index contributed by atoms with van der Waals surface area (Å²) in [5.74, 6) is 0.283. The van der Waals surface area contributed by atoms with E-state index in [1.807, 2.05) is 0 Å². The van der Waals surface area contributed by atoms with E-state index >= 15 is 0 Å². The molecule has 0 atom stereocenters. The van der Waals surface area contributed by atoms with E-state index in [1.54, 1.807) is 24.3 Å². The molecule has 0 fully saturated rings. The number of hydrogen-bond acceptors (Lipinski definition) is 3. The lowest BCUT2D eigenvalue weighted by Gasteiger charge is -2.05. The molecule has 1 rings (SSSR count). The lowest BCUT2D eigenvalue weighted by Crippen LogP contribution is -1.84. The topological polar surface area (TPSA) is 49.7 Å². The third-order valence-electron chi connectivity index (χ3n) is 1.02. The van der Waals surface area contributed by atoms with Gasteiger partial charge in [-0.2, -0.15) is 0 Å². The van der Waals surface area contributed by atoms with Crippen LogP contribution in [0.1, 0.15) is 0 Å². The normalized spacial score (nSPS) is 10.2. The minimum Gasteiger partial charge on any atom is -0.425 e. The second-order valence-electron chi connectivity index (χ2n) is 1.77. The molecule has 0 heterocycles. The maximum absolute atomic E-state index is 8.47. The second-order valence-corrected chi connectivity index (χ2v) is 2.87. The molecule has 60 valence electrons. The molecule has 1 aromatic carbocycles. The summed E-state index contributed by atoms with van der Waals surface area (Å²) in [5.41, 5.74) is 0. The molecule has 0 aromatic heterocycles. The molecule has 0 unspecified atom stereocenters. The van der Waals surface area contributed by atoms with E-state index in [9.17, 15) is 0 Å². The van der Waals surface area contributed by atoms with Crippen LogP contribution in [0.4, 0.5) is 0 Å². The summed E-state index contributed by atoms with van der Waals surface area (Å²) in [6.45, 7) is 0. The first-order valence-corrected chi connectivity index (χ1v) is 4.35. The highest BCUT2D eigenvalue weighted by molar-refractivity contribution is 7.39. The number of rotatable bonds is 2. The molecule has 0 radical (unpaired) electrons. The number of para-hydroxylation sites is 1. The van der Waals surface area contributed by atoms with Crippen LogP contribution in [0.2, 0.25) is 5.02 Å². The molecule has 2 N–H and O–H groups in total. The van der Waals surface area contributed by atoms with E-state index in [4.69, 9.17) is 21.4 Å². The van der Waals surface area contributed by atoms with Crippen molar-refractivity contribution in [2.24, 2.45) is 0 Å². The minimum absolute atomic E-state index is 0.283. The Bertz CT molecular complexity index is 241. The van der Waals surface area contributed by atoms with Gasteiger partial charge in [-0.1, -0.05) is 23.7 Å². The van der Waals surface area contributed by atoms with E-state index in [2.05, 4.69) is 4.52 Å². The first kappa shape index (κ1) is 8.75. The van der Waals surface area contributed by atoms with Gasteiger partial charge in [-0.05, 0) is 12.1 Å². The molecule has 3 nitrogen and oxygen atoms in total. The van der Waals surface area contributed by atoms with Crippen LogP contribution < -0.4 is 4.52 Å². The zero-order valence-corrected chi connectivity index (χ0v) is 7.09. The molecule has 0 saturated carbocycles. The zero-order chi connectivity index (χ0) is 8.27. The molecule has 0 saturated heterocycles. The Balaban J connectivity index is 2.78. The van der Waals surface area contributed by atoms with Crippen molar-refractivity contribution in [2.75, 3.05) is 0 Å². The van der Waals surface area contributed by atoms with Gasteiger partial charge in [0.05, 0.1) is 5.02 Å². The van der Waals surface area contributed by atoms with Gasteiger partial charge in [0.25, 0.3) is 0 Å². The summed E-state index contributed by atoms with van der Waals surface area (Å²) < 4.78 is 4.59. The molecule has 11 heavy (non-hydrogen) atoms. The Morgan fingerprint density at radius 3 is 2.45 bits per heavy atom. The van der Waals surface area contributed by atoms with Crippen molar-refractivity contribution in [1.29, 1.82) is 0 Å². The number of benzene rings is 1. The Hall–Kier alpha value is -0.340. The quantitative estimate of drug-likeness (QED) is 0.704. The number of hydrogen-bond donors (Lipinski definition) is 2. The van der Waals surface area contributed by atoms with Gasteiger partial charge in [0, 0.05) is 0 Å². The van der Waals surface area contributed by atoms with Gasteiger partial charge in [-0.3, -0.25) is 0 Å². The van der Waals surface area contributed by atoms with Crippen LogP contribution >= 0.6 is 20.2 Å². The van der Waals surface area contributed by atoms with Gasteiger partial charge in [-0.15, -0.1) is 0 Å². The summed E-state index contributed by atoms with van der Waals surface area (Å²) in [4.78, 5) is 16.9. The molecular formula is C6H6ClO3P. The van der Waals surface area contributed by atoms with Crippen molar-refractivity contribution in [3.8, 4) is 5.75 Å². The average molecular weight is 193 g/mol. The van der Waals surface area contributed by atoms with Crippen LogP contribution in [0.25, 0.3) is 0 Å². The zero-order valence-electron chi connectivity index (χ0n) is 5.44. The highest BCUT2D eigenvalue weighted by Crippen LogP contribution is 2.33. The summed E-state index contributed by atoms with van der Waals surface area (Å²) in [6, 6.07) is 6.59. The second kappa shape index (κ2) is 3.88. The molecule has 1 aromatic rings. The molecule has 5 heteroatoms.